The number of morpholine rings is 1. The molecule has 0 spiro atoms. The van der Waals surface area contributed by atoms with Gasteiger partial charge in [0.15, 0.2) is 5.78 Å². The van der Waals surface area contributed by atoms with Gasteiger partial charge in [0.25, 0.3) is 0 Å². The van der Waals surface area contributed by atoms with E-state index in [-0.39, 0.29) is 23.0 Å². The minimum absolute atomic E-state index is 0.0107. The predicted molar refractivity (Wildman–Crippen MR) is 154 cm³/mol. The normalized spacial score (nSPS) is 16.8. The SMILES string of the molecule is CC(=O)c1ccc(NC(=O)CSc2ncnc3c2sc2nc(N4CCOCC4)c4c(c23)CC(C)(C)OC4)cc1. The van der Waals surface area contributed by atoms with Crippen molar-refractivity contribution in [1.82, 2.24) is 15.0 Å². The van der Waals surface area contributed by atoms with Gasteiger partial charge >= 0.3 is 0 Å². The van der Waals surface area contributed by atoms with Crippen molar-refractivity contribution in [2.75, 3.05) is 42.3 Å². The topological polar surface area (TPSA) is 107 Å². The van der Waals surface area contributed by atoms with Crippen molar-refractivity contribution >= 4 is 66.7 Å². The van der Waals surface area contributed by atoms with E-state index in [1.54, 1.807) is 41.9 Å². The number of nitrogens with one attached hydrogen (secondary N) is 1. The molecule has 202 valence electrons. The Bertz CT molecular complexity index is 1580. The van der Waals surface area contributed by atoms with Gasteiger partial charge < -0.3 is 19.7 Å². The molecule has 0 radical (unpaired) electrons. The summed E-state index contributed by atoms with van der Waals surface area (Å²) in [6, 6.07) is 6.89. The third kappa shape index (κ3) is 5.23. The Morgan fingerprint density at radius 2 is 1.90 bits per heavy atom. The third-order valence-corrected chi connectivity index (χ3v) is 9.20. The van der Waals surface area contributed by atoms with Gasteiger partial charge in [-0.25, -0.2) is 15.0 Å². The Hall–Kier alpha value is -3.12. The first-order valence-corrected chi connectivity index (χ1v) is 14.7. The summed E-state index contributed by atoms with van der Waals surface area (Å²) in [4.78, 5) is 41.8. The number of thiophene rings is 1. The molecule has 1 fully saturated rings. The van der Waals surface area contributed by atoms with E-state index < -0.39 is 0 Å². The lowest BCUT2D eigenvalue weighted by Crippen LogP contribution is -2.39. The molecule has 2 aliphatic heterocycles. The molecule has 9 nitrogen and oxygen atoms in total. The first-order valence-electron chi connectivity index (χ1n) is 12.9. The molecule has 0 atom stereocenters. The van der Waals surface area contributed by atoms with Crippen LogP contribution in [0.25, 0.3) is 20.4 Å². The molecule has 11 heteroatoms. The molecular weight excluding hydrogens is 534 g/mol. The van der Waals surface area contributed by atoms with Gasteiger partial charge in [-0.2, -0.15) is 0 Å². The highest BCUT2D eigenvalue weighted by Gasteiger charge is 2.33. The monoisotopic (exact) mass is 563 g/mol. The number of hydrogen-bond donors (Lipinski definition) is 1. The molecule has 0 unspecified atom stereocenters. The first kappa shape index (κ1) is 26.1. The molecule has 0 aliphatic carbocycles. The Morgan fingerprint density at radius 1 is 1.13 bits per heavy atom. The molecule has 5 heterocycles. The summed E-state index contributed by atoms with van der Waals surface area (Å²) >= 11 is 2.96. The third-order valence-electron chi connectivity index (χ3n) is 7.00. The molecule has 1 amide bonds. The van der Waals surface area contributed by atoms with Crippen molar-refractivity contribution in [3.05, 3.63) is 47.3 Å². The highest BCUT2D eigenvalue weighted by atomic mass is 32.2. The fourth-order valence-electron chi connectivity index (χ4n) is 5.03. The smallest absolute Gasteiger partial charge is 0.234 e. The summed E-state index contributed by atoms with van der Waals surface area (Å²) in [7, 11) is 0. The second-order valence-electron chi connectivity index (χ2n) is 10.3. The maximum Gasteiger partial charge on any atom is 0.234 e. The van der Waals surface area contributed by atoms with Crippen molar-refractivity contribution in [2.24, 2.45) is 0 Å². The molecule has 6 rings (SSSR count). The number of carbonyl (C=O) groups excluding carboxylic acids is 2. The number of ketones is 1. The van der Waals surface area contributed by atoms with E-state index in [1.807, 2.05) is 0 Å². The lowest BCUT2D eigenvalue weighted by atomic mass is 9.90. The number of nitrogens with zero attached hydrogens (tertiary/aromatic N) is 4. The van der Waals surface area contributed by atoms with Crippen LogP contribution < -0.4 is 10.2 Å². The maximum atomic E-state index is 12.7. The van der Waals surface area contributed by atoms with Gasteiger partial charge in [0.2, 0.25) is 5.91 Å². The molecule has 4 aromatic rings. The average Bonchev–Trinajstić information content (AvgIpc) is 3.31. The summed E-state index contributed by atoms with van der Waals surface area (Å²) in [6.07, 6.45) is 2.34. The number of benzene rings is 1. The number of amides is 1. The second kappa shape index (κ2) is 10.5. The Morgan fingerprint density at radius 3 is 2.64 bits per heavy atom. The van der Waals surface area contributed by atoms with Crippen LogP contribution in [0.2, 0.25) is 0 Å². The molecule has 1 N–H and O–H groups in total. The molecule has 1 aromatic carbocycles. The van der Waals surface area contributed by atoms with Gasteiger partial charge in [-0.3, -0.25) is 9.59 Å². The van der Waals surface area contributed by atoms with Crippen LogP contribution in [0.1, 0.15) is 42.3 Å². The zero-order valence-electron chi connectivity index (χ0n) is 22.1. The second-order valence-corrected chi connectivity index (χ2v) is 12.3. The summed E-state index contributed by atoms with van der Waals surface area (Å²) in [5.74, 6) is 1.01. The van der Waals surface area contributed by atoms with Crippen LogP contribution in [0, 0.1) is 0 Å². The lowest BCUT2D eigenvalue weighted by Gasteiger charge is -2.36. The van der Waals surface area contributed by atoms with Crippen molar-refractivity contribution in [3.63, 3.8) is 0 Å². The highest BCUT2D eigenvalue weighted by Crippen LogP contribution is 2.44. The minimum atomic E-state index is -0.289. The summed E-state index contributed by atoms with van der Waals surface area (Å²) in [5, 5.41) is 4.72. The van der Waals surface area contributed by atoms with Gasteiger partial charge in [0, 0.05) is 41.7 Å². The Labute approximate surface area is 234 Å². The van der Waals surface area contributed by atoms with Gasteiger partial charge in [-0.1, -0.05) is 11.8 Å². The van der Waals surface area contributed by atoms with Crippen LogP contribution in [0.4, 0.5) is 11.5 Å². The Balaban J connectivity index is 1.32. The summed E-state index contributed by atoms with van der Waals surface area (Å²) < 4.78 is 12.7. The van der Waals surface area contributed by atoms with Gasteiger partial charge in [0.05, 0.1) is 41.4 Å². The zero-order chi connectivity index (χ0) is 27.1. The van der Waals surface area contributed by atoms with Crippen LogP contribution in [0.3, 0.4) is 0 Å². The number of fused-ring (bicyclic) bond motifs is 5. The number of rotatable bonds is 6. The average molecular weight is 564 g/mol. The summed E-state index contributed by atoms with van der Waals surface area (Å²) in [6.45, 7) is 9.23. The van der Waals surface area contributed by atoms with Crippen molar-refractivity contribution in [3.8, 4) is 0 Å². The molecule has 3 aromatic heterocycles. The van der Waals surface area contributed by atoms with Crippen molar-refractivity contribution in [2.45, 2.75) is 44.4 Å². The number of Topliss-reactive ketones (excluding diaryl/α,β-unsaturated/α-hetero) is 1. The minimum Gasteiger partial charge on any atom is -0.378 e. The number of thioether (sulfide) groups is 1. The number of ether oxygens (including phenoxy) is 2. The van der Waals surface area contributed by atoms with Crippen LogP contribution >= 0.6 is 23.1 Å². The predicted octanol–water partition coefficient (Wildman–Crippen LogP) is 4.86. The zero-order valence-corrected chi connectivity index (χ0v) is 23.7. The van der Waals surface area contributed by atoms with E-state index in [2.05, 4.69) is 34.0 Å². The molecule has 0 bridgehead atoms. The van der Waals surface area contributed by atoms with Crippen LogP contribution in [-0.2, 0) is 27.3 Å². The van der Waals surface area contributed by atoms with Crippen LogP contribution in [0.5, 0.6) is 0 Å². The molecule has 39 heavy (non-hydrogen) atoms. The van der Waals surface area contributed by atoms with E-state index in [9.17, 15) is 9.59 Å². The fraction of sp³-hybridized carbons (Fsp3) is 0.393. The molecule has 0 saturated carbocycles. The Kier molecular flexibility index (Phi) is 7.00. The number of aromatic nitrogens is 3. The largest absolute Gasteiger partial charge is 0.378 e. The van der Waals surface area contributed by atoms with E-state index in [0.29, 0.717) is 31.1 Å². The van der Waals surface area contributed by atoms with E-state index in [4.69, 9.17) is 14.5 Å². The molecular formula is C28H29N5O4S2. The van der Waals surface area contributed by atoms with Gasteiger partial charge in [-0.05, 0) is 50.6 Å². The first-order chi connectivity index (χ1) is 18.8. The number of pyridine rings is 1. The van der Waals surface area contributed by atoms with Crippen molar-refractivity contribution in [1.29, 1.82) is 0 Å². The number of carbonyl (C=O) groups is 2. The lowest BCUT2D eigenvalue weighted by molar-refractivity contribution is -0.113. The molecule has 1 saturated heterocycles. The van der Waals surface area contributed by atoms with Gasteiger partial charge in [0.1, 0.15) is 22.0 Å². The maximum absolute atomic E-state index is 12.7. The molecule has 2 aliphatic rings. The van der Waals surface area contributed by atoms with Gasteiger partial charge in [-0.15, -0.1) is 11.3 Å². The van der Waals surface area contributed by atoms with Crippen LogP contribution in [-0.4, -0.2) is 64.3 Å². The number of anilines is 2. The van der Waals surface area contributed by atoms with E-state index in [1.165, 1.54) is 24.2 Å². The standard InChI is InChI=1S/C28H29N5O4S2/c1-16(34)17-4-6-18(7-5-17)31-21(35)14-38-27-24-23(29-15-30-27)22-19-12-28(2,3)37-13-20(19)25(32-26(22)39-24)33-8-10-36-11-9-33/h4-7,15H,8-14H2,1-3H3,(H,31,35). The van der Waals surface area contributed by atoms with Crippen LogP contribution in [0.15, 0.2) is 35.6 Å². The van der Waals surface area contributed by atoms with Crippen molar-refractivity contribution < 1.29 is 19.1 Å². The fourth-order valence-corrected chi connectivity index (χ4v) is 7.06. The highest BCUT2D eigenvalue weighted by molar-refractivity contribution is 8.00. The summed E-state index contributed by atoms with van der Waals surface area (Å²) in [5.41, 5.74) is 4.22. The van der Waals surface area contributed by atoms with E-state index in [0.717, 1.165) is 56.4 Å². The quantitative estimate of drug-likeness (QED) is 0.200. The van der Waals surface area contributed by atoms with E-state index >= 15 is 0 Å². The number of hydrogen-bond acceptors (Lipinski definition) is 10.